The van der Waals surface area contributed by atoms with Gasteiger partial charge in [0.2, 0.25) is 0 Å². The Labute approximate surface area is 212 Å². The molecule has 0 unspecified atom stereocenters. The van der Waals surface area contributed by atoms with E-state index >= 15 is 0 Å². The Morgan fingerprint density at radius 1 is 1.08 bits per heavy atom. The van der Waals surface area contributed by atoms with Crippen molar-refractivity contribution in [3.05, 3.63) is 52.6 Å². The second-order valence-corrected chi connectivity index (χ2v) is 7.54. The highest BCUT2D eigenvalue weighted by Crippen LogP contribution is 2.29. The molecule has 0 bridgehead atoms. The number of rotatable bonds is 9. The monoisotopic (exact) mass is 525 g/mol. The van der Waals surface area contributed by atoms with Crippen molar-refractivity contribution >= 4 is 35.5 Å². The summed E-state index contributed by atoms with van der Waals surface area (Å²) in [4.78, 5) is 40.6. The maximum absolute atomic E-state index is 9.55. The van der Waals surface area contributed by atoms with E-state index in [-0.39, 0.29) is 0 Å². The number of hydrogen-bond donors (Lipinski definition) is 5. The molecular formula is C23H28ClN3O9. The average Bonchev–Trinajstić information content (AvgIpc) is 3.26. The molecule has 1 fully saturated rings. The highest BCUT2D eigenvalue weighted by molar-refractivity contribution is 6.31. The third kappa shape index (κ3) is 14.4. The van der Waals surface area contributed by atoms with E-state index in [1.165, 1.54) is 0 Å². The molecule has 0 amide bonds. The van der Waals surface area contributed by atoms with E-state index in [2.05, 4.69) is 11.0 Å². The molecule has 0 aliphatic carbocycles. The van der Waals surface area contributed by atoms with Crippen LogP contribution in [0.2, 0.25) is 5.02 Å². The SMILES string of the molecule is CCOc1cc(C#N)c(Cl)cc1CN1CC[C@@H](CN)C1.O=C(O)/C=C/C(=O)O.O=C(O)/C=C/C(=O)O. The zero-order valence-electron chi connectivity index (χ0n) is 19.5. The highest BCUT2D eigenvalue weighted by Gasteiger charge is 2.22. The van der Waals surface area contributed by atoms with Crippen molar-refractivity contribution in [2.75, 3.05) is 26.2 Å². The van der Waals surface area contributed by atoms with Gasteiger partial charge in [0.1, 0.15) is 11.8 Å². The molecule has 1 aromatic rings. The number of halogens is 1. The average molecular weight is 526 g/mol. The first-order valence-electron chi connectivity index (χ1n) is 10.5. The van der Waals surface area contributed by atoms with Crippen LogP contribution in [0, 0.1) is 17.2 Å². The Hall–Kier alpha value is -3.92. The van der Waals surface area contributed by atoms with Crippen LogP contribution in [0.3, 0.4) is 0 Å². The molecule has 6 N–H and O–H groups in total. The second-order valence-electron chi connectivity index (χ2n) is 7.13. The number of likely N-dealkylation sites (tertiary alicyclic amines) is 1. The Kier molecular flexibility index (Phi) is 15.6. The largest absolute Gasteiger partial charge is 0.493 e. The number of nitrogens with two attached hydrogens (primary N) is 1. The minimum atomic E-state index is -1.26. The van der Waals surface area contributed by atoms with Crippen molar-refractivity contribution in [3.8, 4) is 11.8 Å². The molecule has 1 saturated heterocycles. The van der Waals surface area contributed by atoms with Gasteiger partial charge in [-0.15, -0.1) is 0 Å². The van der Waals surface area contributed by atoms with Gasteiger partial charge >= 0.3 is 23.9 Å². The minimum Gasteiger partial charge on any atom is -0.493 e. The van der Waals surface area contributed by atoms with E-state index in [9.17, 15) is 19.2 Å². The van der Waals surface area contributed by atoms with Gasteiger partial charge in [-0.2, -0.15) is 5.26 Å². The van der Waals surface area contributed by atoms with Gasteiger partial charge in [0.15, 0.2) is 0 Å². The van der Waals surface area contributed by atoms with Gasteiger partial charge in [-0.05, 0) is 44.5 Å². The second kappa shape index (κ2) is 17.5. The molecule has 1 aliphatic heterocycles. The third-order valence-corrected chi connectivity index (χ3v) is 4.72. The molecule has 1 aliphatic rings. The lowest BCUT2D eigenvalue weighted by atomic mass is 10.1. The van der Waals surface area contributed by atoms with Crippen molar-refractivity contribution in [2.45, 2.75) is 19.9 Å². The molecule has 1 atom stereocenters. The zero-order valence-corrected chi connectivity index (χ0v) is 20.2. The van der Waals surface area contributed by atoms with E-state index in [1.54, 1.807) is 6.07 Å². The predicted octanol–water partition coefficient (Wildman–Crippen LogP) is 1.81. The smallest absolute Gasteiger partial charge is 0.328 e. The number of carboxylic acids is 4. The molecule has 0 radical (unpaired) electrons. The summed E-state index contributed by atoms with van der Waals surface area (Å²) in [5.41, 5.74) is 7.21. The zero-order chi connectivity index (χ0) is 27.7. The molecule has 36 heavy (non-hydrogen) atoms. The van der Waals surface area contributed by atoms with Crippen molar-refractivity contribution in [3.63, 3.8) is 0 Å². The lowest BCUT2D eigenvalue weighted by Gasteiger charge is -2.19. The van der Waals surface area contributed by atoms with Crippen LogP contribution >= 0.6 is 11.6 Å². The number of nitrogens with zero attached hydrogens (tertiary/aromatic N) is 2. The van der Waals surface area contributed by atoms with E-state index < -0.39 is 23.9 Å². The van der Waals surface area contributed by atoms with E-state index in [4.69, 9.17) is 47.8 Å². The summed E-state index contributed by atoms with van der Waals surface area (Å²) in [6.07, 6.45) is 3.37. The lowest BCUT2D eigenvalue weighted by molar-refractivity contribution is -0.134. The number of aliphatic carboxylic acids is 4. The summed E-state index contributed by atoms with van der Waals surface area (Å²) in [5, 5.41) is 40.8. The van der Waals surface area contributed by atoms with Crippen molar-refractivity contribution in [2.24, 2.45) is 11.7 Å². The minimum absolute atomic E-state index is 0.458. The summed E-state index contributed by atoms with van der Waals surface area (Å²) in [5.74, 6) is -3.69. The summed E-state index contributed by atoms with van der Waals surface area (Å²) in [7, 11) is 0. The molecule has 196 valence electrons. The van der Waals surface area contributed by atoms with Crippen LogP contribution in [-0.2, 0) is 25.7 Å². The first kappa shape index (κ1) is 32.1. The number of nitriles is 1. The van der Waals surface area contributed by atoms with Crippen LogP contribution in [0.25, 0.3) is 0 Å². The van der Waals surface area contributed by atoms with Gasteiger partial charge < -0.3 is 30.9 Å². The van der Waals surface area contributed by atoms with Gasteiger partial charge in [-0.25, -0.2) is 19.2 Å². The Balaban J connectivity index is 0.000000634. The molecular weight excluding hydrogens is 498 g/mol. The fourth-order valence-electron chi connectivity index (χ4n) is 2.87. The molecule has 1 aromatic carbocycles. The number of benzene rings is 1. The van der Waals surface area contributed by atoms with Crippen LogP contribution in [0.4, 0.5) is 0 Å². The lowest BCUT2D eigenvalue weighted by Crippen LogP contribution is -2.23. The molecule has 0 aromatic heterocycles. The summed E-state index contributed by atoms with van der Waals surface area (Å²) >= 11 is 6.13. The summed E-state index contributed by atoms with van der Waals surface area (Å²) in [6.45, 7) is 6.10. The maximum Gasteiger partial charge on any atom is 0.328 e. The molecule has 13 heteroatoms. The predicted molar refractivity (Wildman–Crippen MR) is 129 cm³/mol. The van der Waals surface area contributed by atoms with E-state index in [1.807, 2.05) is 13.0 Å². The van der Waals surface area contributed by atoms with Crippen molar-refractivity contribution in [1.82, 2.24) is 4.90 Å². The van der Waals surface area contributed by atoms with Crippen molar-refractivity contribution in [1.29, 1.82) is 5.26 Å². The van der Waals surface area contributed by atoms with Crippen LogP contribution < -0.4 is 10.5 Å². The number of carbonyl (C=O) groups is 4. The fourth-order valence-corrected chi connectivity index (χ4v) is 3.10. The normalized spacial score (nSPS) is 14.8. The Morgan fingerprint density at radius 3 is 1.94 bits per heavy atom. The van der Waals surface area contributed by atoms with Gasteiger partial charge in [-0.1, -0.05) is 11.6 Å². The summed E-state index contributed by atoms with van der Waals surface area (Å²) < 4.78 is 5.64. The van der Waals surface area contributed by atoms with E-state index in [0.29, 0.717) is 47.4 Å². The first-order valence-corrected chi connectivity index (χ1v) is 10.9. The van der Waals surface area contributed by atoms with Crippen LogP contribution in [0.5, 0.6) is 5.75 Å². The third-order valence-electron chi connectivity index (χ3n) is 4.40. The van der Waals surface area contributed by atoms with Gasteiger partial charge in [0.25, 0.3) is 0 Å². The van der Waals surface area contributed by atoms with Crippen LogP contribution in [-0.4, -0.2) is 75.4 Å². The molecule has 12 nitrogen and oxygen atoms in total. The molecule has 0 saturated carbocycles. The molecule has 2 rings (SSSR count). The standard InChI is InChI=1S/C15H20ClN3O.2C4H4O4/c1-2-20-15-6-12(8-18)14(16)5-13(15)10-19-4-3-11(7-17)9-19;2*5-3(6)1-2-4(7)8/h5-6,11H,2-4,7,9-10,17H2,1H3;2*1-2H,(H,5,6)(H,7,8)/b;2*2-1+/t11-;;/m0../s1. The number of hydrogen-bond acceptors (Lipinski definition) is 8. The van der Waals surface area contributed by atoms with Crippen molar-refractivity contribution < 1.29 is 44.3 Å². The van der Waals surface area contributed by atoms with Gasteiger partial charge in [0, 0.05) is 43.0 Å². The maximum atomic E-state index is 9.55. The number of carboxylic acid groups (broad SMARTS) is 4. The molecule has 1 heterocycles. The summed E-state index contributed by atoms with van der Waals surface area (Å²) in [6, 6.07) is 5.67. The Bertz CT molecular complexity index is 953. The van der Waals surface area contributed by atoms with E-state index in [0.717, 1.165) is 43.9 Å². The van der Waals surface area contributed by atoms with Crippen LogP contribution in [0.15, 0.2) is 36.4 Å². The highest BCUT2D eigenvalue weighted by atomic mass is 35.5. The van der Waals surface area contributed by atoms with Gasteiger partial charge in [-0.3, -0.25) is 4.90 Å². The fraction of sp³-hybridized carbons (Fsp3) is 0.348. The first-order chi connectivity index (χ1) is 16.9. The quantitative estimate of drug-likeness (QED) is 0.292. The topological polar surface area (TPSA) is 211 Å². The van der Waals surface area contributed by atoms with Crippen LogP contribution in [0.1, 0.15) is 24.5 Å². The Morgan fingerprint density at radius 2 is 1.58 bits per heavy atom. The number of ether oxygens (including phenoxy) is 1. The van der Waals surface area contributed by atoms with Gasteiger partial charge in [0.05, 0.1) is 17.2 Å². The molecule has 0 spiro atoms.